The molecule has 1 aromatic rings. The Labute approximate surface area is 181 Å². The summed E-state index contributed by atoms with van der Waals surface area (Å²) in [6.07, 6.45) is 12.0. The molecule has 4 N–H and O–H groups in total. The number of rotatable bonds is 8. The second kappa shape index (κ2) is 8.22. The minimum Gasteiger partial charge on any atom is -0.431 e. The molecule has 31 heavy (non-hydrogen) atoms. The topological polar surface area (TPSA) is 89.8 Å². The molecule has 1 aromatic heterocycles. The average molecular weight is 430 g/mol. The van der Waals surface area contributed by atoms with Crippen LogP contribution in [0.4, 0.5) is 14.6 Å². The van der Waals surface area contributed by atoms with Crippen LogP contribution in [0.5, 0.6) is 5.75 Å². The molecule has 1 saturated heterocycles. The highest BCUT2D eigenvalue weighted by molar-refractivity contribution is 6.06. The van der Waals surface area contributed by atoms with E-state index in [1.54, 1.807) is 0 Å². The number of hydrogen-bond donors (Lipinski definition) is 2. The maximum Gasteiger partial charge on any atom is 0.387 e. The van der Waals surface area contributed by atoms with Gasteiger partial charge in [0.2, 0.25) is 0 Å². The number of aliphatic imine (C=N–C) groups is 1. The maximum absolute atomic E-state index is 12.6. The summed E-state index contributed by atoms with van der Waals surface area (Å²) >= 11 is 0. The van der Waals surface area contributed by atoms with Crippen molar-refractivity contribution in [1.82, 2.24) is 9.88 Å². The predicted octanol–water partition coefficient (Wildman–Crippen LogP) is 3.46. The van der Waals surface area contributed by atoms with Crippen LogP contribution in [0.15, 0.2) is 35.0 Å². The molecule has 4 aliphatic rings. The van der Waals surface area contributed by atoms with E-state index in [9.17, 15) is 8.78 Å². The maximum atomic E-state index is 12.6. The lowest BCUT2D eigenvalue weighted by molar-refractivity contribution is -0.0495. The molecule has 0 bridgehead atoms. The van der Waals surface area contributed by atoms with Gasteiger partial charge in [-0.3, -0.25) is 9.89 Å². The number of allylic oxidation sites excluding steroid dienone is 2. The first-order valence-electron chi connectivity index (χ1n) is 11.2. The Morgan fingerprint density at radius 1 is 1.32 bits per heavy atom. The lowest BCUT2D eigenvalue weighted by Gasteiger charge is -2.23. The molecule has 0 amide bonds. The van der Waals surface area contributed by atoms with Crippen LogP contribution in [0.3, 0.4) is 0 Å². The molecule has 0 aromatic carbocycles. The summed E-state index contributed by atoms with van der Waals surface area (Å²) in [6, 6.07) is 1.98. The van der Waals surface area contributed by atoms with E-state index in [0.717, 1.165) is 18.7 Å². The minimum atomic E-state index is -2.97. The van der Waals surface area contributed by atoms with Gasteiger partial charge in [-0.25, -0.2) is 4.98 Å². The van der Waals surface area contributed by atoms with E-state index >= 15 is 0 Å². The number of aromatic nitrogens is 1. The molecular formula is C23H29F2N5O. The SMILES string of the molecule is NC(=CC(=NCC1CC1)[C@@H]1C2=CC(N3CCCC3)C[C@H]21)c1cnc(N)c(OC(F)F)c1. The summed E-state index contributed by atoms with van der Waals surface area (Å²) in [5.74, 6) is 1.30. The van der Waals surface area contributed by atoms with Crippen molar-refractivity contribution in [2.75, 3.05) is 25.4 Å². The average Bonchev–Trinajstić information content (AvgIpc) is 3.55. The fraction of sp³-hybridized carbons (Fsp3) is 0.565. The zero-order valence-electron chi connectivity index (χ0n) is 17.5. The van der Waals surface area contributed by atoms with Gasteiger partial charge in [0.05, 0.1) is 0 Å². The molecule has 3 atom stereocenters. The third-order valence-electron chi connectivity index (χ3n) is 6.85. The van der Waals surface area contributed by atoms with Gasteiger partial charge < -0.3 is 16.2 Å². The number of ether oxygens (including phenoxy) is 1. The van der Waals surface area contributed by atoms with E-state index in [4.69, 9.17) is 16.5 Å². The molecule has 1 unspecified atom stereocenters. The summed E-state index contributed by atoms with van der Waals surface area (Å²) in [5.41, 5.74) is 15.4. The molecule has 3 fully saturated rings. The largest absolute Gasteiger partial charge is 0.431 e. The van der Waals surface area contributed by atoms with E-state index in [1.807, 2.05) is 6.08 Å². The van der Waals surface area contributed by atoms with E-state index in [1.165, 1.54) is 56.6 Å². The van der Waals surface area contributed by atoms with Crippen LogP contribution in [0.25, 0.3) is 5.70 Å². The molecular weight excluding hydrogens is 400 g/mol. The first kappa shape index (κ1) is 20.4. The van der Waals surface area contributed by atoms with Crippen molar-refractivity contribution < 1.29 is 13.5 Å². The third-order valence-corrected chi connectivity index (χ3v) is 6.85. The normalized spacial score (nSPS) is 28.7. The Morgan fingerprint density at radius 2 is 2.10 bits per heavy atom. The number of anilines is 1. The predicted molar refractivity (Wildman–Crippen MR) is 117 cm³/mol. The van der Waals surface area contributed by atoms with E-state index < -0.39 is 6.61 Å². The van der Waals surface area contributed by atoms with Crippen LogP contribution < -0.4 is 16.2 Å². The summed E-state index contributed by atoms with van der Waals surface area (Å²) in [5, 5.41) is 0. The van der Waals surface area contributed by atoms with Gasteiger partial charge in [-0.2, -0.15) is 8.78 Å². The summed E-state index contributed by atoms with van der Waals surface area (Å²) in [7, 11) is 0. The van der Waals surface area contributed by atoms with Gasteiger partial charge in [-0.1, -0.05) is 11.6 Å². The van der Waals surface area contributed by atoms with Crippen molar-refractivity contribution in [2.45, 2.75) is 44.8 Å². The van der Waals surface area contributed by atoms with Crippen molar-refractivity contribution in [3.05, 3.63) is 35.6 Å². The number of likely N-dealkylation sites (tertiary alicyclic amines) is 1. The molecule has 6 nitrogen and oxygen atoms in total. The summed E-state index contributed by atoms with van der Waals surface area (Å²) < 4.78 is 29.7. The second-order valence-corrected chi connectivity index (χ2v) is 9.09. The number of alkyl halides is 2. The monoisotopic (exact) mass is 429 g/mol. The highest BCUT2D eigenvalue weighted by atomic mass is 19.3. The molecule has 3 aliphatic carbocycles. The zero-order valence-corrected chi connectivity index (χ0v) is 17.5. The highest BCUT2D eigenvalue weighted by Gasteiger charge is 2.52. The van der Waals surface area contributed by atoms with Gasteiger partial charge in [0.25, 0.3) is 0 Å². The lowest BCUT2D eigenvalue weighted by atomic mass is 10.0. The zero-order chi connectivity index (χ0) is 21.5. The van der Waals surface area contributed by atoms with Crippen LogP contribution in [0.1, 0.15) is 37.7 Å². The molecule has 5 rings (SSSR count). The van der Waals surface area contributed by atoms with Crippen LogP contribution in [-0.4, -0.2) is 47.9 Å². The first-order valence-corrected chi connectivity index (χ1v) is 11.2. The van der Waals surface area contributed by atoms with Gasteiger partial charge in [-0.05, 0) is 69.2 Å². The van der Waals surface area contributed by atoms with Gasteiger partial charge in [0, 0.05) is 41.7 Å². The van der Waals surface area contributed by atoms with Crippen molar-refractivity contribution in [3.8, 4) is 5.75 Å². The van der Waals surface area contributed by atoms with Crippen molar-refractivity contribution >= 4 is 17.2 Å². The van der Waals surface area contributed by atoms with E-state index in [2.05, 4.69) is 20.7 Å². The fourth-order valence-corrected chi connectivity index (χ4v) is 4.91. The standard InChI is InChI=1S/C23H29F2N5O/c24-23(25)31-20-7-14(12-29-22(20)27)18(26)10-19(28-11-13-3-4-13)21-16-8-15(9-17(16)21)30-5-1-2-6-30/h7-8,10,12-13,15,17,21,23H,1-6,9,11,26H2,(H2,27,29)/t15?,17-,21-/m1/s1. The number of pyridine rings is 1. The van der Waals surface area contributed by atoms with Crippen molar-refractivity contribution in [2.24, 2.45) is 28.5 Å². The van der Waals surface area contributed by atoms with Gasteiger partial charge in [0.15, 0.2) is 11.6 Å². The van der Waals surface area contributed by atoms with Gasteiger partial charge in [-0.15, -0.1) is 0 Å². The van der Waals surface area contributed by atoms with Crippen LogP contribution >= 0.6 is 0 Å². The van der Waals surface area contributed by atoms with Crippen molar-refractivity contribution in [1.29, 1.82) is 0 Å². The first-order chi connectivity index (χ1) is 15.0. The van der Waals surface area contributed by atoms with E-state index in [-0.39, 0.29) is 11.6 Å². The Hall–Kier alpha value is -2.48. The third kappa shape index (κ3) is 4.44. The molecule has 2 saturated carbocycles. The van der Waals surface area contributed by atoms with Crippen LogP contribution in [0.2, 0.25) is 0 Å². The van der Waals surface area contributed by atoms with Gasteiger partial charge in [0.1, 0.15) is 0 Å². The summed E-state index contributed by atoms with van der Waals surface area (Å²) in [4.78, 5) is 11.5. The number of nitrogens with two attached hydrogens (primary N) is 2. The minimum absolute atomic E-state index is 0.0886. The Morgan fingerprint density at radius 3 is 2.74 bits per heavy atom. The Bertz CT molecular complexity index is 934. The van der Waals surface area contributed by atoms with Gasteiger partial charge >= 0.3 is 6.61 Å². The molecule has 8 heteroatoms. The molecule has 0 spiro atoms. The molecule has 166 valence electrons. The quantitative estimate of drug-likeness (QED) is 0.488. The number of fused-ring (bicyclic) bond motifs is 1. The number of halogens is 2. The van der Waals surface area contributed by atoms with Crippen molar-refractivity contribution in [3.63, 3.8) is 0 Å². The fourth-order valence-electron chi connectivity index (χ4n) is 4.91. The number of hydrogen-bond acceptors (Lipinski definition) is 6. The smallest absolute Gasteiger partial charge is 0.387 e. The molecule has 2 heterocycles. The highest BCUT2D eigenvalue weighted by Crippen LogP contribution is 2.55. The van der Waals surface area contributed by atoms with E-state index in [0.29, 0.717) is 35.1 Å². The second-order valence-electron chi connectivity index (χ2n) is 9.09. The Balaban J connectivity index is 1.36. The number of nitrogens with zero attached hydrogens (tertiary/aromatic N) is 3. The molecule has 0 radical (unpaired) electrons. The van der Waals surface area contributed by atoms with Crippen LogP contribution in [0, 0.1) is 17.8 Å². The number of nitrogen functional groups attached to an aromatic ring is 1. The lowest BCUT2D eigenvalue weighted by Crippen LogP contribution is -2.30. The molecule has 1 aliphatic heterocycles. The summed E-state index contributed by atoms with van der Waals surface area (Å²) in [6.45, 7) is 0.259. The Kier molecular flexibility index (Phi) is 5.42. The van der Waals surface area contributed by atoms with Crippen LogP contribution in [-0.2, 0) is 0 Å².